The Morgan fingerprint density at radius 3 is 2.52 bits per heavy atom. The Labute approximate surface area is 193 Å². The van der Waals surface area contributed by atoms with Crippen LogP contribution in [0.4, 0.5) is 30.5 Å². The molecule has 0 bridgehead atoms. The first-order valence-electron chi connectivity index (χ1n) is 10.5. The van der Waals surface area contributed by atoms with Crippen LogP contribution in [-0.4, -0.2) is 69.6 Å². The van der Waals surface area contributed by atoms with Crippen molar-refractivity contribution in [3.8, 4) is 0 Å². The fraction of sp³-hybridized carbons (Fsp3) is 0.476. The maximum atomic E-state index is 13.3. The number of aromatic nitrogens is 4. The minimum Gasteiger partial charge on any atom is -0.377 e. The van der Waals surface area contributed by atoms with Gasteiger partial charge in [-0.2, -0.15) is 18.3 Å². The first-order chi connectivity index (χ1) is 15.6. The van der Waals surface area contributed by atoms with Gasteiger partial charge in [0.2, 0.25) is 5.95 Å². The van der Waals surface area contributed by atoms with Crippen molar-refractivity contribution in [3.63, 3.8) is 0 Å². The second kappa shape index (κ2) is 8.00. The zero-order valence-electron chi connectivity index (χ0n) is 18.2. The van der Waals surface area contributed by atoms with Gasteiger partial charge in [-0.05, 0) is 19.1 Å². The number of ether oxygens (including phenoxy) is 1. The highest BCUT2D eigenvalue weighted by Crippen LogP contribution is 2.36. The van der Waals surface area contributed by atoms with Crippen LogP contribution in [0.15, 0.2) is 24.5 Å². The van der Waals surface area contributed by atoms with E-state index < -0.39 is 11.9 Å². The topological polar surface area (TPSA) is 71.3 Å². The lowest BCUT2D eigenvalue weighted by molar-refractivity contribution is -0.140. The summed E-state index contributed by atoms with van der Waals surface area (Å²) in [5.74, 6) is 0.0528. The van der Waals surface area contributed by atoms with Gasteiger partial charge in [0.15, 0.2) is 5.69 Å². The maximum Gasteiger partial charge on any atom is 0.437 e. The predicted octanol–water partition coefficient (Wildman–Crippen LogP) is 3.69. The highest BCUT2D eigenvalue weighted by atomic mass is 35.5. The van der Waals surface area contributed by atoms with Gasteiger partial charge in [0.1, 0.15) is 0 Å². The average Bonchev–Trinajstić information content (AvgIpc) is 3.12. The lowest BCUT2D eigenvalue weighted by Gasteiger charge is -2.50. The van der Waals surface area contributed by atoms with Crippen LogP contribution in [0.5, 0.6) is 0 Å². The zero-order valence-corrected chi connectivity index (χ0v) is 18.9. The van der Waals surface area contributed by atoms with E-state index in [1.807, 2.05) is 6.07 Å². The molecule has 176 valence electrons. The highest BCUT2D eigenvalue weighted by Gasteiger charge is 2.41. The molecule has 2 aliphatic heterocycles. The summed E-state index contributed by atoms with van der Waals surface area (Å²) >= 11 is 6.56. The summed E-state index contributed by atoms with van der Waals surface area (Å²) in [4.78, 5) is 13.2. The number of fused-ring (bicyclic) bond motifs is 1. The molecule has 2 fully saturated rings. The normalized spacial score (nSPS) is 19.0. The van der Waals surface area contributed by atoms with Gasteiger partial charge in [0.05, 0.1) is 40.7 Å². The number of alkyl halides is 3. The second-order valence-electron chi connectivity index (χ2n) is 8.71. The molecule has 2 saturated heterocycles. The molecule has 0 radical (unpaired) electrons. The fourth-order valence-electron chi connectivity index (χ4n) is 4.32. The number of halogens is 4. The Balaban J connectivity index is 1.39. The van der Waals surface area contributed by atoms with Crippen LogP contribution in [0.25, 0.3) is 10.9 Å². The molecule has 0 spiro atoms. The number of nitrogens with one attached hydrogen (secondary N) is 1. The van der Waals surface area contributed by atoms with Gasteiger partial charge < -0.3 is 15.0 Å². The van der Waals surface area contributed by atoms with E-state index in [0.717, 1.165) is 49.8 Å². The Bertz CT molecular complexity index is 1190. The van der Waals surface area contributed by atoms with Gasteiger partial charge >= 0.3 is 6.18 Å². The molecule has 1 N–H and O–H groups in total. The number of hydrogen-bond acceptors (Lipinski definition) is 7. The molecule has 3 aromatic rings. The van der Waals surface area contributed by atoms with E-state index in [-0.39, 0.29) is 17.2 Å². The molecule has 0 amide bonds. The molecule has 0 aliphatic carbocycles. The summed E-state index contributed by atoms with van der Waals surface area (Å²) < 4.78 is 46.3. The van der Waals surface area contributed by atoms with Crippen LogP contribution in [0, 0.1) is 0 Å². The highest BCUT2D eigenvalue weighted by molar-refractivity contribution is 6.34. The van der Waals surface area contributed by atoms with Crippen LogP contribution in [-0.2, 0) is 18.0 Å². The fourth-order valence-corrected chi connectivity index (χ4v) is 4.61. The van der Waals surface area contributed by atoms with E-state index >= 15 is 0 Å². The van der Waals surface area contributed by atoms with Crippen molar-refractivity contribution in [1.82, 2.24) is 24.6 Å². The number of rotatable bonds is 4. The third-order valence-corrected chi connectivity index (χ3v) is 6.50. The van der Waals surface area contributed by atoms with Crippen LogP contribution < -0.4 is 10.2 Å². The molecular formula is C21H23ClF3N7O. The molecule has 4 heterocycles. The van der Waals surface area contributed by atoms with E-state index in [0.29, 0.717) is 15.9 Å². The SMILES string of the molecule is Cn1cc(Nc2ncc3cc(Cl)c(N4CCN(C5(C)COC5)CC4)cc3n2)c(C(F)(F)F)n1. The van der Waals surface area contributed by atoms with E-state index in [4.69, 9.17) is 16.3 Å². The summed E-state index contributed by atoms with van der Waals surface area (Å²) in [5.41, 5.74) is 0.318. The quantitative estimate of drug-likeness (QED) is 0.609. The number of aryl methyl sites for hydroxylation is 1. The molecule has 12 heteroatoms. The molecule has 2 aromatic heterocycles. The van der Waals surface area contributed by atoms with Gasteiger partial charge in [-0.25, -0.2) is 9.97 Å². The van der Waals surface area contributed by atoms with Crippen molar-refractivity contribution >= 4 is 39.8 Å². The molecule has 0 atom stereocenters. The van der Waals surface area contributed by atoms with Crippen LogP contribution in [0.2, 0.25) is 5.02 Å². The molecule has 0 saturated carbocycles. The molecule has 33 heavy (non-hydrogen) atoms. The van der Waals surface area contributed by atoms with Crippen molar-refractivity contribution in [1.29, 1.82) is 0 Å². The molecule has 8 nitrogen and oxygen atoms in total. The van der Waals surface area contributed by atoms with Crippen molar-refractivity contribution in [2.24, 2.45) is 7.05 Å². The number of benzene rings is 1. The van der Waals surface area contributed by atoms with E-state index in [9.17, 15) is 13.2 Å². The first-order valence-corrected chi connectivity index (χ1v) is 10.9. The predicted molar refractivity (Wildman–Crippen MR) is 119 cm³/mol. The smallest absolute Gasteiger partial charge is 0.377 e. The van der Waals surface area contributed by atoms with Crippen LogP contribution in [0.3, 0.4) is 0 Å². The maximum absolute atomic E-state index is 13.3. The minimum absolute atomic E-state index is 0.0528. The van der Waals surface area contributed by atoms with Gasteiger partial charge in [-0.1, -0.05) is 11.6 Å². The summed E-state index contributed by atoms with van der Waals surface area (Å²) in [6, 6.07) is 3.65. The summed E-state index contributed by atoms with van der Waals surface area (Å²) in [5, 5.41) is 7.44. The standard InChI is InChI=1S/C21H23ClF3N7O/c1-20(11-33-12-20)32-5-3-31(4-6-32)17-8-15-13(7-14(17)22)9-26-19(27-15)28-16-10-30(2)29-18(16)21(23,24)25/h7-10H,3-6,11-12H2,1-2H3,(H,26,27,28). The molecular weight excluding hydrogens is 459 g/mol. The van der Waals surface area contributed by atoms with Crippen molar-refractivity contribution < 1.29 is 17.9 Å². The van der Waals surface area contributed by atoms with Crippen LogP contribution >= 0.6 is 11.6 Å². The summed E-state index contributed by atoms with van der Waals surface area (Å²) in [6.45, 7) is 7.13. The second-order valence-corrected chi connectivity index (χ2v) is 9.11. The van der Waals surface area contributed by atoms with E-state index in [1.165, 1.54) is 13.2 Å². The van der Waals surface area contributed by atoms with Gasteiger partial charge in [0, 0.05) is 51.0 Å². The summed E-state index contributed by atoms with van der Waals surface area (Å²) in [6.07, 6.45) is -1.80. The Kier molecular flexibility index (Phi) is 5.37. The number of hydrogen-bond donors (Lipinski definition) is 1. The number of anilines is 3. The van der Waals surface area contributed by atoms with E-state index in [2.05, 4.69) is 37.1 Å². The Hall–Kier alpha value is -2.63. The van der Waals surface area contributed by atoms with Crippen molar-refractivity contribution in [3.05, 3.63) is 35.2 Å². The molecule has 5 rings (SSSR count). The minimum atomic E-state index is -4.59. The Morgan fingerprint density at radius 2 is 1.88 bits per heavy atom. The van der Waals surface area contributed by atoms with Gasteiger partial charge in [0.25, 0.3) is 0 Å². The van der Waals surface area contributed by atoms with Gasteiger partial charge in [-0.15, -0.1) is 0 Å². The van der Waals surface area contributed by atoms with E-state index in [1.54, 1.807) is 12.3 Å². The first kappa shape index (κ1) is 22.2. The molecule has 2 aliphatic rings. The summed E-state index contributed by atoms with van der Waals surface area (Å²) in [7, 11) is 1.42. The van der Waals surface area contributed by atoms with Gasteiger partial charge in [-0.3, -0.25) is 9.58 Å². The lowest BCUT2D eigenvalue weighted by atomic mass is 9.97. The Morgan fingerprint density at radius 1 is 1.15 bits per heavy atom. The monoisotopic (exact) mass is 481 g/mol. The lowest BCUT2D eigenvalue weighted by Crippen LogP contribution is -2.64. The average molecular weight is 482 g/mol. The number of piperazine rings is 1. The molecule has 1 aromatic carbocycles. The third-order valence-electron chi connectivity index (χ3n) is 6.20. The number of nitrogens with zero attached hydrogens (tertiary/aromatic N) is 6. The third kappa shape index (κ3) is 4.20. The van der Waals surface area contributed by atoms with Crippen LogP contribution in [0.1, 0.15) is 12.6 Å². The van der Waals surface area contributed by atoms with Crippen molar-refractivity contribution in [2.75, 3.05) is 49.6 Å². The van der Waals surface area contributed by atoms with Crippen molar-refractivity contribution in [2.45, 2.75) is 18.6 Å². The molecule has 0 unspecified atom stereocenters. The zero-order chi connectivity index (χ0) is 23.4. The largest absolute Gasteiger partial charge is 0.437 e.